The Labute approximate surface area is 73.7 Å². The van der Waals surface area contributed by atoms with E-state index in [-0.39, 0.29) is 6.09 Å². The van der Waals surface area contributed by atoms with Gasteiger partial charge in [0.25, 0.3) is 0 Å². The van der Waals surface area contributed by atoms with Crippen LogP contribution in [0.3, 0.4) is 0 Å². The molecular formula is C9H18FN2+. The number of rotatable bonds is 4. The van der Waals surface area contributed by atoms with E-state index in [9.17, 15) is 4.39 Å². The van der Waals surface area contributed by atoms with Gasteiger partial charge in [-0.05, 0) is 12.8 Å². The molecule has 0 saturated carbocycles. The molecule has 0 N–H and O–H groups in total. The minimum Gasteiger partial charge on any atom is -0.232 e. The molecule has 0 aliphatic carbocycles. The Balaban J connectivity index is 2.50. The first-order valence-corrected chi connectivity index (χ1v) is 4.82. The van der Waals surface area contributed by atoms with Gasteiger partial charge in [-0.25, -0.2) is 9.48 Å². The van der Waals surface area contributed by atoms with Crippen LogP contribution in [0.4, 0.5) is 4.39 Å². The molecule has 0 unspecified atom stereocenters. The third-order valence-electron chi connectivity index (χ3n) is 2.15. The van der Waals surface area contributed by atoms with Crippen LogP contribution < -0.4 is 0 Å². The topological polar surface area (TPSA) is 6.25 Å². The number of halogens is 1. The lowest BCUT2D eigenvalue weighted by Gasteiger charge is -2.04. The molecule has 2 nitrogen and oxygen atoms in total. The summed E-state index contributed by atoms with van der Waals surface area (Å²) in [5.41, 5.74) is 0. The summed E-state index contributed by atoms with van der Waals surface area (Å²) in [6.45, 7) is 7.59. The van der Waals surface area contributed by atoms with E-state index in [1.54, 1.807) is 0 Å². The van der Waals surface area contributed by atoms with Gasteiger partial charge in [0, 0.05) is 0 Å². The molecule has 0 aromatic rings. The minimum atomic E-state index is -0.0151. The van der Waals surface area contributed by atoms with Crippen molar-refractivity contribution in [1.29, 1.82) is 0 Å². The van der Waals surface area contributed by atoms with Crippen molar-refractivity contribution in [2.24, 2.45) is 0 Å². The number of hydrogen-bond donors (Lipinski definition) is 0. The molecule has 0 saturated heterocycles. The van der Waals surface area contributed by atoms with Crippen molar-refractivity contribution in [3.63, 3.8) is 0 Å². The van der Waals surface area contributed by atoms with Crippen LogP contribution in [-0.2, 0) is 0 Å². The highest BCUT2D eigenvalue weighted by molar-refractivity contribution is 5.68. The summed E-state index contributed by atoms with van der Waals surface area (Å²) in [6.07, 6.45) is 2.03. The predicted octanol–water partition coefficient (Wildman–Crippen LogP) is 1.46. The summed E-state index contributed by atoms with van der Waals surface area (Å²) in [7, 11) is 0. The monoisotopic (exact) mass is 173 g/mol. The largest absolute Gasteiger partial charge is 0.436 e. The molecule has 0 fully saturated rings. The van der Waals surface area contributed by atoms with Crippen LogP contribution in [0.25, 0.3) is 0 Å². The van der Waals surface area contributed by atoms with E-state index in [0.29, 0.717) is 0 Å². The summed E-state index contributed by atoms with van der Waals surface area (Å²) < 4.78 is 15.2. The molecule has 1 aliphatic heterocycles. The van der Waals surface area contributed by atoms with E-state index in [0.717, 1.165) is 39.0 Å². The van der Waals surface area contributed by atoms with Crippen molar-refractivity contribution in [3.05, 3.63) is 0 Å². The van der Waals surface area contributed by atoms with Crippen molar-refractivity contribution < 1.29 is 8.97 Å². The average molecular weight is 173 g/mol. The third-order valence-corrected chi connectivity index (χ3v) is 2.15. The lowest BCUT2D eigenvalue weighted by Crippen LogP contribution is -2.26. The van der Waals surface area contributed by atoms with Gasteiger partial charge in [0.2, 0.25) is 0 Å². The molecule has 0 amide bonds. The van der Waals surface area contributed by atoms with Crippen molar-refractivity contribution in [3.8, 4) is 0 Å². The summed E-state index contributed by atoms with van der Waals surface area (Å²) in [6, 6.07) is 0. The number of amidine groups is 1. The van der Waals surface area contributed by atoms with Crippen LogP contribution in [0, 0.1) is 0 Å². The first-order valence-electron chi connectivity index (χ1n) is 4.82. The van der Waals surface area contributed by atoms with Crippen LogP contribution in [0.15, 0.2) is 0 Å². The summed E-state index contributed by atoms with van der Waals surface area (Å²) in [5.74, 6) is 0. The molecule has 0 bridgehead atoms. The standard InChI is InChI=1S/C9H18FN2/c1-3-5-11-7-8-12(6-4-2)9(11)10/h3-8H2,1-2H3/q+1. The molecule has 1 heterocycles. The molecule has 0 spiro atoms. The van der Waals surface area contributed by atoms with E-state index < -0.39 is 0 Å². The number of nitrogens with zero attached hydrogens (tertiary/aromatic N) is 2. The molecule has 0 aromatic heterocycles. The van der Waals surface area contributed by atoms with Gasteiger partial charge in [0.15, 0.2) is 0 Å². The Kier molecular flexibility index (Phi) is 3.50. The van der Waals surface area contributed by atoms with Crippen molar-refractivity contribution in [2.45, 2.75) is 26.7 Å². The van der Waals surface area contributed by atoms with E-state index in [2.05, 4.69) is 13.8 Å². The second kappa shape index (κ2) is 4.43. The maximum absolute atomic E-state index is 13.4. The first kappa shape index (κ1) is 9.49. The fourth-order valence-electron chi connectivity index (χ4n) is 1.57. The van der Waals surface area contributed by atoms with Crippen LogP contribution in [0.5, 0.6) is 0 Å². The van der Waals surface area contributed by atoms with Gasteiger partial charge >= 0.3 is 6.09 Å². The lowest BCUT2D eigenvalue weighted by molar-refractivity contribution is -0.523. The number of hydrogen-bond acceptors (Lipinski definition) is 1. The van der Waals surface area contributed by atoms with Gasteiger partial charge in [-0.2, -0.15) is 0 Å². The minimum absolute atomic E-state index is 0.0151. The second-order valence-corrected chi connectivity index (χ2v) is 3.24. The summed E-state index contributed by atoms with van der Waals surface area (Å²) in [4.78, 5) is 1.83. The van der Waals surface area contributed by atoms with E-state index in [1.165, 1.54) is 0 Å². The second-order valence-electron chi connectivity index (χ2n) is 3.24. The Hall–Kier alpha value is -0.600. The Bertz CT molecular complexity index is 177. The van der Waals surface area contributed by atoms with Crippen LogP contribution in [0.1, 0.15) is 26.7 Å². The van der Waals surface area contributed by atoms with Gasteiger partial charge in [-0.1, -0.05) is 13.8 Å². The van der Waals surface area contributed by atoms with Crippen LogP contribution in [0.2, 0.25) is 0 Å². The molecule has 0 atom stereocenters. The van der Waals surface area contributed by atoms with Crippen molar-refractivity contribution >= 4 is 6.09 Å². The normalized spacial score (nSPS) is 17.8. The molecule has 0 radical (unpaired) electrons. The third kappa shape index (κ3) is 1.96. The van der Waals surface area contributed by atoms with Crippen molar-refractivity contribution in [1.82, 2.24) is 4.90 Å². The Morgan fingerprint density at radius 2 is 2.17 bits per heavy atom. The van der Waals surface area contributed by atoms with Crippen LogP contribution >= 0.6 is 0 Å². The van der Waals surface area contributed by atoms with E-state index in [4.69, 9.17) is 0 Å². The molecule has 1 aliphatic rings. The molecular weight excluding hydrogens is 155 g/mol. The van der Waals surface area contributed by atoms with Gasteiger partial charge < -0.3 is 0 Å². The Morgan fingerprint density at radius 1 is 1.42 bits per heavy atom. The molecule has 1 rings (SSSR count). The molecule has 70 valence electrons. The van der Waals surface area contributed by atoms with Gasteiger partial charge in [0.05, 0.1) is 13.1 Å². The fourth-order valence-corrected chi connectivity index (χ4v) is 1.57. The zero-order chi connectivity index (χ0) is 8.97. The maximum Gasteiger partial charge on any atom is 0.436 e. The SMILES string of the molecule is CCCN1CC[N+](CCC)=C1F. The molecule has 3 heteroatoms. The molecule has 0 aromatic carbocycles. The van der Waals surface area contributed by atoms with Gasteiger partial charge in [0.1, 0.15) is 13.1 Å². The highest BCUT2D eigenvalue weighted by Crippen LogP contribution is 2.04. The highest BCUT2D eigenvalue weighted by atomic mass is 19.1. The summed E-state index contributed by atoms with van der Waals surface area (Å²) >= 11 is 0. The van der Waals surface area contributed by atoms with E-state index in [1.807, 2.05) is 9.48 Å². The van der Waals surface area contributed by atoms with Crippen molar-refractivity contribution in [2.75, 3.05) is 26.2 Å². The average Bonchev–Trinajstić information content (AvgIpc) is 2.38. The zero-order valence-electron chi connectivity index (χ0n) is 8.02. The van der Waals surface area contributed by atoms with Crippen LogP contribution in [-0.4, -0.2) is 41.7 Å². The maximum atomic E-state index is 13.4. The molecule has 12 heavy (non-hydrogen) atoms. The quantitative estimate of drug-likeness (QED) is 0.461. The lowest BCUT2D eigenvalue weighted by atomic mass is 10.4. The Morgan fingerprint density at radius 3 is 2.75 bits per heavy atom. The fraction of sp³-hybridized carbons (Fsp3) is 0.889. The van der Waals surface area contributed by atoms with Gasteiger partial charge in [-0.15, -0.1) is 4.39 Å². The van der Waals surface area contributed by atoms with E-state index >= 15 is 0 Å². The highest BCUT2D eigenvalue weighted by Gasteiger charge is 2.29. The first-order chi connectivity index (χ1) is 5.79. The van der Waals surface area contributed by atoms with Gasteiger partial charge in [-0.3, -0.25) is 0 Å². The zero-order valence-corrected chi connectivity index (χ0v) is 8.02. The smallest absolute Gasteiger partial charge is 0.232 e. The predicted molar refractivity (Wildman–Crippen MR) is 48.3 cm³/mol. The summed E-state index contributed by atoms with van der Waals surface area (Å²) in [5, 5.41) is 0.